The van der Waals surface area contributed by atoms with Crippen LogP contribution < -0.4 is 11.5 Å². The van der Waals surface area contributed by atoms with Gasteiger partial charge in [0.1, 0.15) is 0 Å². The molecule has 5 heteroatoms. The van der Waals surface area contributed by atoms with E-state index in [1.165, 1.54) is 37.5 Å². The number of hydrogen-bond donors (Lipinski definition) is 2. The molecule has 0 bridgehead atoms. The number of nitrogen functional groups attached to an aromatic ring is 1. The number of nitrogens with zero attached hydrogens (tertiary/aromatic N) is 3. The molecule has 4 N–H and O–H groups in total. The van der Waals surface area contributed by atoms with Crippen molar-refractivity contribution in [2.24, 2.45) is 11.7 Å². The minimum Gasteiger partial charge on any atom is -0.399 e. The summed E-state index contributed by atoms with van der Waals surface area (Å²) in [5.41, 5.74) is 19.6. The lowest BCUT2D eigenvalue weighted by Gasteiger charge is -2.15. The van der Waals surface area contributed by atoms with Gasteiger partial charge in [-0.25, -0.2) is 9.97 Å². The summed E-state index contributed by atoms with van der Waals surface area (Å²) in [5, 5.41) is 2.33. The van der Waals surface area contributed by atoms with E-state index >= 15 is 0 Å². The highest BCUT2D eigenvalue weighted by Crippen LogP contribution is 2.38. The molecule has 0 amide bonds. The lowest BCUT2D eigenvalue weighted by Crippen LogP contribution is -2.00. The number of hydrogen-bond acceptors (Lipinski definition) is 4. The zero-order chi connectivity index (χ0) is 25.9. The highest BCUT2D eigenvalue weighted by molar-refractivity contribution is 6.15. The van der Waals surface area contributed by atoms with Gasteiger partial charge in [0.05, 0.1) is 11.0 Å². The van der Waals surface area contributed by atoms with Crippen LogP contribution in [0.1, 0.15) is 50.2 Å². The first-order valence-corrected chi connectivity index (χ1v) is 13.1. The summed E-state index contributed by atoms with van der Waals surface area (Å²) in [6, 6.07) is 21.0. The zero-order valence-electron chi connectivity index (χ0n) is 21.7. The van der Waals surface area contributed by atoms with E-state index in [-0.39, 0.29) is 5.95 Å². The molecule has 2 aromatic heterocycles. The Morgan fingerprint density at radius 3 is 2.27 bits per heavy atom. The highest BCUT2D eigenvalue weighted by atomic mass is 15.0. The third kappa shape index (κ3) is 4.94. The van der Waals surface area contributed by atoms with Gasteiger partial charge in [-0.3, -0.25) is 0 Å². The minimum atomic E-state index is 0.269. The van der Waals surface area contributed by atoms with Crippen LogP contribution in [0.2, 0.25) is 0 Å². The van der Waals surface area contributed by atoms with Gasteiger partial charge >= 0.3 is 0 Å². The van der Waals surface area contributed by atoms with E-state index in [2.05, 4.69) is 89.6 Å². The maximum Gasteiger partial charge on any atom is 0.219 e. The number of fused-ring (bicyclic) bond motifs is 3. The van der Waals surface area contributed by atoms with Gasteiger partial charge in [-0.2, -0.15) is 0 Å². The van der Waals surface area contributed by atoms with Gasteiger partial charge in [0.15, 0.2) is 0 Å². The van der Waals surface area contributed by atoms with Crippen molar-refractivity contribution in [2.75, 3.05) is 5.73 Å². The Labute approximate surface area is 218 Å². The van der Waals surface area contributed by atoms with Gasteiger partial charge in [0.2, 0.25) is 5.95 Å². The number of nitrogens with two attached hydrogens (primary N) is 2. The topological polar surface area (TPSA) is 82.8 Å². The Balaban J connectivity index is 0.000000348. The molecule has 5 aromatic rings. The summed E-state index contributed by atoms with van der Waals surface area (Å²) in [4.78, 5) is 8.37. The molecule has 0 spiro atoms. The van der Waals surface area contributed by atoms with Gasteiger partial charge in [-0.05, 0) is 53.8 Å². The SMILES string of the molecule is C=C(N)c1ccc(-n2c3ccccc3c3c(-c4cnc(N)nc4)cccc32)cc1C.CC1CCCCC1. The fourth-order valence-electron chi connectivity index (χ4n) is 5.47. The summed E-state index contributed by atoms with van der Waals surface area (Å²) in [6.45, 7) is 8.30. The summed E-state index contributed by atoms with van der Waals surface area (Å²) in [6.07, 6.45) is 11.0. The molecule has 5 nitrogen and oxygen atoms in total. The molecule has 1 fully saturated rings. The molecule has 37 heavy (non-hydrogen) atoms. The molecule has 1 saturated carbocycles. The highest BCUT2D eigenvalue weighted by Gasteiger charge is 2.16. The second-order valence-electron chi connectivity index (χ2n) is 10.1. The summed E-state index contributed by atoms with van der Waals surface area (Å²) in [5.74, 6) is 1.30. The number of para-hydroxylation sites is 1. The van der Waals surface area contributed by atoms with E-state index in [9.17, 15) is 0 Å². The van der Waals surface area contributed by atoms with E-state index in [4.69, 9.17) is 11.5 Å². The van der Waals surface area contributed by atoms with Gasteiger partial charge in [-0.15, -0.1) is 0 Å². The average molecular weight is 490 g/mol. The monoisotopic (exact) mass is 489 g/mol. The van der Waals surface area contributed by atoms with E-state index in [1.54, 1.807) is 12.4 Å². The largest absolute Gasteiger partial charge is 0.399 e. The van der Waals surface area contributed by atoms with Crippen LogP contribution in [-0.2, 0) is 0 Å². The van der Waals surface area contributed by atoms with Crippen molar-refractivity contribution in [1.82, 2.24) is 14.5 Å². The van der Waals surface area contributed by atoms with Crippen LogP contribution in [0, 0.1) is 12.8 Å². The first kappa shape index (κ1) is 24.6. The van der Waals surface area contributed by atoms with Crippen molar-refractivity contribution < 1.29 is 0 Å². The van der Waals surface area contributed by atoms with Crippen molar-refractivity contribution >= 4 is 33.5 Å². The molecular weight excluding hydrogens is 454 g/mol. The van der Waals surface area contributed by atoms with Crippen molar-refractivity contribution in [3.8, 4) is 16.8 Å². The van der Waals surface area contributed by atoms with Crippen LogP contribution in [0.4, 0.5) is 5.95 Å². The van der Waals surface area contributed by atoms with Gasteiger partial charge in [0.25, 0.3) is 0 Å². The van der Waals surface area contributed by atoms with Crippen molar-refractivity contribution in [3.63, 3.8) is 0 Å². The third-order valence-electron chi connectivity index (χ3n) is 7.39. The number of aryl methyl sites for hydroxylation is 1. The molecule has 2 heterocycles. The van der Waals surface area contributed by atoms with Gasteiger partial charge in [-0.1, -0.05) is 82.0 Å². The molecule has 3 aromatic carbocycles. The van der Waals surface area contributed by atoms with E-state index < -0.39 is 0 Å². The maximum absolute atomic E-state index is 5.94. The Bertz CT molecular complexity index is 1560. The van der Waals surface area contributed by atoms with Crippen LogP contribution in [0.3, 0.4) is 0 Å². The predicted molar refractivity (Wildman–Crippen MR) is 156 cm³/mol. The zero-order valence-corrected chi connectivity index (χ0v) is 21.7. The summed E-state index contributed by atoms with van der Waals surface area (Å²) >= 11 is 0. The van der Waals surface area contributed by atoms with Crippen molar-refractivity contribution in [2.45, 2.75) is 46.0 Å². The fraction of sp³-hybridized carbons (Fsp3) is 0.250. The maximum atomic E-state index is 5.94. The normalized spacial score (nSPS) is 13.9. The van der Waals surface area contributed by atoms with Crippen LogP contribution in [0.15, 0.2) is 79.6 Å². The summed E-state index contributed by atoms with van der Waals surface area (Å²) < 4.78 is 2.28. The average Bonchev–Trinajstić information content (AvgIpc) is 3.24. The van der Waals surface area contributed by atoms with Crippen LogP contribution in [-0.4, -0.2) is 14.5 Å². The number of rotatable bonds is 3. The standard InChI is InChI=1S/C25H21N5.C7H14/c1-15-12-18(10-11-19(15)16(2)26)30-22-8-4-3-6-21(22)24-20(7-5-9-23(24)30)17-13-28-25(27)29-14-17;1-7-5-3-2-4-6-7/h3-14H,2,26H2,1H3,(H2,27,28,29);7H,2-6H2,1H3. The minimum absolute atomic E-state index is 0.269. The number of aromatic nitrogens is 3. The molecule has 188 valence electrons. The Hall–Kier alpha value is -4.12. The lowest BCUT2D eigenvalue weighted by molar-refractivity contribution is 0.385. The van der Waals surface area contributed by atoms with Crippen LogP contribution >= 0.6 is 0 Å². The molecule has 6 rings (SSSR count). The molecule has 1 aliphatic carbocycles. The smallest absolute Gasteiger partial charge is 0.219 e. The van der Waals surface area contributed by atoms with E-state index in [0.717, 1.165) is 50.3 Å². The third-order valence-corrected chi connectivity index (χ3v) is 7.39. The number of benzene rings is 3. The van der Waals surface area contributed by atoms with Gasteiger partial charge in [0, 0.05) is 40.1 Å². The molecule has 0 saturated heterocycles. The van der Waals surface area contributed by atoms with Crippen molar-refractivity contribution in [1.29, 1.82) is 0 Å². The van der Waals surface area contributed by atoms with Gasteiger partial charge < -0.3 is 16.0 Å². The molecule has 0 atom stereocenters. The lowest BCUT2D eigenvalue weighted by atomic mass is 9.91. The molecule has 1 aliphatic rings. The molecule has 0 aliphatic heterocycles. The summed E-state index contributed by atoms with van der Waals surface area (Å²) in [7, 11) is 0. The Kier molecular flexibility index (Phi) is 6.95. The number of anilines is 1. The predicted octanol–water partition coefficient (Wildman–Crippen LogP) is 7.65. The Morgan fingerprint density at radius 1 is 0.919 bits per heavy atom. The first-order valence-electron chi connectivity index (χ1n) is 13.1. The molecule has 0 radical (unpaired) electrons. The second kappa shape index (κ2) is 10.5. The first-order chi connectivity index (χ1) is 17.9. The Morgan fingerprint density at radius 2 is 1.62 bits per heavy atom. The quantitative estimate of drug-likeness (QED) is 0.273. The molecule has 0 unspecified atom stereocenters. The van der Waals surface area contributed by atoms with Crippen molar-refractivity contribution in [3.05, 3.63) is 90.8 Å². The molecular formula is C32H35N5. The van der Waals surface area contributed by atoms with Crippen LogP contribution in [0.5, 0.6) is 0 Å². The van der Waals surface area contributed by atoms with E-state index in [0.29, 0.717) is 5.70 Å². The fourth-order valence-corrected chi connectivity index (χ4v) is 5.47. The van der Waals surface area contributed by atoms with Crippen LogP contribution in [0.25, 0.3) is 44.3 Å². The van der Waals surface area contributed by atoms with E-state index in [1.807, 2.05) is 6.07 Å². The second-order valence-corrected chi connectivity index (χ2v) is 10.1.